The molecule has 4 bridgehead atoms. The topological polar surface area (TPSA) is 90.6 Å². The molecule has 1 aromatic rings. The Bertz CT molecular complexity index is 760. The summed E-state index contributed by atoms with van der Waals surface area (Å²) in [6, 6.07) is 7.91. The third-order valence-electron chi connectivity index (χ3n) is 6.76. The average molecular weight is 382 g/mol. The predicted octanol–water partition coefficient (Wildman–Crippen LogP) is 3.26. The van der Waals surface area contributed by atoms with Crippen LogP contribution >= 0.6 is 0 Å². The van der Waals surface area contributed by atoms with Crippen molar-refractivity contribution in [1.82, 2.24) is 4.90 Å². The molecule has 4 aliphatic carbocycles. The molecule has 1 amide bonds. The Morgan fingerprint density at radius 2 is 1.68 bits per heavy atom. The number of phenolic OH excluding ortho intramolecular Hbond substituents is 1. The van der Waals surface area contributed by atoms with Gasteiger partial charge in [0.05, 0.1) is 18.1 Å². The van der Waals surface area contributed by atoms with Gasteiger partial charge in [0.25, 0.3) is 5.91 Å². The molecule has 0 heterocycles. The van der Waals surface area contributed by atoms with Crippen LogP contribution in [0.15, 0.2) is 24.3 Å². The van der Waals surface area contributed by atoms with E-state index in [9.17, 15) is 14.7 Å². The van der Waals surface area contributed by atoms with Crippen LogP contribution in [-0.4, -0.2) is 40.6 Å². The average Bonchev–Trinajstić information content (AvgIpc) is 2.65. The van der Waals surface area contributed by atoms with E-state index in [2.05, 4.69) is 6.07 Å². The van der Waals surface area contributed by atoms with Crippen molar-refractivity contribution in [3.63, 3.8) is 0 Å². The molecule has 4 aliphatic rings. The van der Waals surface area contributed by atoms with Crippen LogP contribution < -0.4 is 0 Å². The van der Waals surface area contributed by atoms with Crippen LogP contribution in [0.1, 0.15) is 55.3 Å². The third kappa shape index (κ3) is 3.58. The Balaban J connectivity index is 1.45. The standard InChI is InChI=1S/C22H26N2O4/c23-6-1-7-24(22-11-15-8-16(12-22)10-17(9-15)13-22)20(26)14-28-21(27)18-2-4-19(25)5-3-18/h2-5,15-17,25H,1,7-14H2. The van der Waals surface area contributed by atoms with Gasteiger partial charge in [-0.05, 0) is 80.5 Å². The third-order valence-corrected chi connectivity index (χ3v) is 6.76. The minimum atomic E-state index is -0.584. The number of nitrogens with zero attached hydrogens (tertiary/aromatic N) is 2. The van der Waals surface area contributed by atoms with Crippen molar-refractivity contribution >= 4 is 11.9 Å². The Morgan fingerprint density at radius 3 is 2.21 bits per heavy atom. The van der Waals surface area contributed by atoms with Gasteiger partial charge in [-0.25, -0.2) is 4.79 Å². The maximum atomic E-state index is 13.1. The molecule has 5 rings (SSSR count). The molecule has 148 valence electrons. The van der Waals surface area contributed by atoms with Gasteiger partial charge < -0.3 is 14.7 Å². The Morgan fingerprint density at radius 1 is 1.11 bits per heavy atom. The fourth-order valence-electron chi connectivity index (χ4n) is 6.07. The summed E-state index contributed by atoms with van der Waals surface area (Å²) in [5.74, 6) is 1.33. The van der Waals surface area contributed by atoms with Gasteiger partial charge in [0.15, 0.2) is 6.61 Å². The number of hydrogen-bond donors (Lipinski definition) is 1. The SMILES string of the molecule is N#CCCN(C(=O)COC(=O)c1ccc(O)cc1)C12CC3CC(CC(C3)C1)C2. The van der Waals surface area contributed by atoms with Crippen LogP contribution in [0.3, 0.4) is 0 Å². The number of aromatic hydroxyl groups is 1. The summed E-state index contributed by atoms with van der Waals surface area (Å²) in [5.41, 5.74) is 0.136. The van der Waals surface area contributed by atoms with Gasteiger partial charge in [0.1, 0.15) is 5.75 Å². The Hall–Kier alpha value is -2.55. The molecule has 0 radical (unpaired) electrons. The first-order chi connectivity index (χ1) is 13.5. The maximum Gasteiger partial charge on any atom is 0.338 e. The van der Waals surface area contributed by atoms with Crippen molar-refractivity contribution in [3.05, 3.63) is 29.8 Å². The fourth-order valence-corrected chi connectivity index (χ4v) is 6.07. The normalized spacial score (nSPS) is 29.9. The molecule has 0 unspecified atom stereocenters. The molecule has 0 atom stereocenters. The van der Waals surface area contributed by atoms with Gasteiger partial charge >= 0.3 is 5.97 Å². The summed E-state index contributed by atoms with van der Waals surface area (Å²) < 4.78 is 5.26. The minimum Gasteiger partial charge on any atom is -0.508 e. The number of carbonyl (C=O) groups excluding carboxylic acids is 2. The van der Waals surface area contributed by atoms with Gasteiger partial charge in [-0.15, -0.1) is 0 Å². The molecular formula is C22H26N2O4. The highest BCUT2D eigenvalue weighted by molar-refractivity contribution is 5.91. The zero-order chi connectivity index (χ0) is 19.7. The van der Waals surface area contributed by atoms with Gasteiger partial charge in [-0.1, -0.05) is 0 Å². The Labute approximate surface area is 165 Å². The number of benzene rings is 1. The van der Waals surface area contributed by atoms with E-state index in [1.54, 1.807) is 0 Å². The van der Waals surface area contributed by atoms with Gasteiger partial charge in [0.2, 0.25) is 0 Å². The molecule has 1 aromatic carbocycles. The molecule has 0 aliphatic heterocycles. The number of phenols is 1. The number of amides is 1. The van der Waals surface area contributed by atoms with Crippen molar-refractivity contribution in [3.8, 4) is 11.8 Å². The number of ether oxygens (including phenoxy) is 1. The van der Waals surface area contributed by atoms with Crippen LogP contribution in [-0.2, 0) is 9.53 Å². The fraction of sp³-hybridized carbons (Fsp3) is 0.591. The number of nitriles is 1. The molecule has 6 heteroatoms. The van der Waals surface area contributed by atoms with Crippen molar-refractivity contribution in [2.24, 2.45) is 17.8 Å². The zero-order valence-corrected chi connectivity index (χ0v) is 16.0. The first kappa shape index (κ1) is 18.8. The molecule has 6 nitrogen and oxygen atoms in total. The number of esters is 1. The van der Waals surface area contributed by atoms with E-state index in [1.165, 1.54) is 43.5 Å². The van der Waals surface area contributed by atoms with E-state index >= 15 is 0 Å². The lowest BCUT2D eigenvalue weighted by molar-refractivity contribution is -0.153. The van der Waals surface area contributed by atoms with E-state index < -0.39 is 5.97 Å². The van der Waals surface area contributed by atoms with Crippen LogP contribution in [0.25, 0.3) is 0 Å². The largest absolute Gasteiger partial charge is 0.508 e. The maximum absolute atomic E-state index is 13.1. The highest BCUT2D eigenvalue weighted by Crippen LogP contribution is 2.57. The summed E-state index contributed by atoms with van der Waals surface area (Å²) in [4.78, 5) is 27.1. The smallest absolute Gasteiger partial charge is 0.338 e. The van der Waals surface area contributed by atoms with Gasteiger partial charge in [-0.2, -0.15) is 5.26 Å². The lowest BCUT2D eigenvalue weighted by Gasteiger charge is -2.60. The van der Waals surface area contributed by atoms with Crippen molar-refractivity contribution in [2.75, 3.05) is 13.2 Å². The highest BCUT2D eigenvalue weighted by Gasteiger charge is 2.54. The molecule has 0 aromatic heterocycles. The molecule has 4 saturated carbocycles. The lowest BCUT2D eigenvalue weighted by Crippen LogP contribution is -2.62. The summed E-state index contributed by atoms with van der Waals surface area (Å²) in [7, 11) is 0. The van der Waals surface area contributed by atoms with Crippen LogP contribution in [0, 0.1) is 29.1 Å². The quantitative estimate of drug-likeness (QED) is 0.763. The lowest BCUT2D eigenvalue weighted by atomic mass is 9.52. The van der Waals surface area contributed by atoms with E-state index in [4.69, 9.17) is 10.00 Å². The van der Waals surface area contributed by atoms with Crippen molar-refractivity contribution in [1.29, 1.82) is 5.26 Å². The summed E-state index contributed by atoms with van der Waals surface area (Å²) in [5, 5.41) is 18.4. The van der Waals surface area contributed by atoms with E-state index in [-0.39, 0.29) is 23.8 Å². The van der Waals surface area contributed by atoms with Gasteiger partial charge in [0, 0.05) is 12.1 Å². The number of hydrogen-bond acceptors (Lipinski definition) is 5. The van der Waals surface area contributed by atoms with Crippen molar-refractivity contribution < 1.29 is 19.4 Å². The first-order valence-electron chi connectivity index (χ1n) is 10.1. The molecule has 1 N–H and O–H groups in total. The van der Waals surface area contributed by atoms with E-state index in [0.717, 1.165) is 19.3 Å². The molecule has 0 saturated heterocycles. The first-order valence-corrected chi connectivity index (χ1v) is 10.1. The van der Waals surface area contributed by atoms with E-state index in [1.807, 2.05) is 4.90 Å². The molecule has 28 heavy (non-hydrogen) atoms. The summed E-state index contributed by atoms with van der Waals surface area (Å²) >= 11 is 0. The molecular weight excluding hydrogens is 356 g/mol. The monoisotopic (exact) mass is 382 g/mol. The van der Waals surface area contributed by atoms with Crippen LogP contribution in [0.4, 0.5) is 0 Å². The van der Waals surface area contributed by atoms with Crippen LogP contribution in [0.5, 0.6) is 5.75 Å². The second-order valence-electron chi connectivity index (χ2n) is 8.72. The van der Waals surface area contributed by atoms with Gasteiger partial charge in [-0.3, -0.25) is 4.79 Å². The minimum absolute atomic E-state index is 0.0668. The Kier molecular flexibility index (Phi) is 5.01. The number of rotatable bonds is 6. The second kappa shape index (κ2) is 7.46. The summed E-state index contributed by atoms with van der Waals surface area (Å²) in [6.07, 6.45) is 7.16. The number of carbonyl (C=O) groups is 2. The zero-order valence-electron chi connectivity index (χ0n) is 16.0. The second-order valence-corrected chi connectivity index (χ2v) is 8.72. The molecule has 0 spiro atoms. The van der Waals surface area contributed by atoms with E-state index in [0.29, 0.717) is 36.3 Å². The highest BCUT2D eigenvalue weighted by atomic mass is 16.5. The predicted molar refractivity (Wildman–Crippen MR) is 101 cm³/mol. The van der Waals surface area contributed by atoms with Crippen molar-refractivity contribution in [2.45, 2.75) is 50.5 Å². The van der Waals surface area contributed by atoms with Crippen LogP contribution in [0.2, 0.25) is 0 Å². The molecule has 4 fully saturated rings. The summed E-state index contributed by atoms with van der Waals surface area (Å²) in [6.45, 7) is 0.0884.